The lowest BCUT2D eigenvalue weighted by molar-refractivity contribution is 1.39. The molecule has 0 radical (unpaired) electrons. The molecule has 1 heterocycles. The third-order valence-corrected chi connectivity index (χ3v) is 3.37. The minimum Gasteiger partial charge on any atom is -0.384 e. The molecule has 0 saturated heterocycles. The molecule has 0 aliphatic carbocycles. The van der Waals surface area contributed by atoms with Crippen molar-refractivity contribution in [2.24, 2.45) is 5.73 Å². The number of aromatic nitrogens is 1. The fraction of sp³-hybridized carbons (Fsp3) is 0.0625. The zero-order chi connectivity index (χ0) is 13.4. The SMILES string of the molecule is Cc1ccccc1-c1cc2cc(C(=N)N)ccc2[nH]1. The Bertz CT molecular complexity index is 769. The van der Waals surface area contributed by atoms with E-state index >= 15 is 0 Å². The van der Waals surface area contributed by atoms with E-state index in [2.05, 4.69) is 30.1 Å². The molecule has 0 spiro atoms. The first-order valence-corrected chi connectivity index (χ1v) is 6.18. The molecule has 0 amide bonds. The van der Waals surface area contributed by atoms with Crippen LogP contribution in [0.1, 0.15) is 11.1 Å². The number of hydrogen-bond acceptors (Lipinski definition) is 1. The van der Waals surface area contributed by atoms with Gasteiger partial charge < -0.3 is 10.7 Å². The van der Waals surface area contributed by atoms with Gasteiger partial charge >= 0.3 is 0 Å². The summed E-state index contributed by atoms with van der Waals surface area (Å²) >= 11 is 0. The summed E-state index contributed by atoms with van der Waals surface area (Å²) in [6, 6.07) is 16.1. The Balaban J connectivity index is 2.17. The average Bonchev–Trinajstić information content (AvgIpc) is 2.81. The summed E-state index contributed by atoms with van der Waals surface area (Å²) in [5.41, 5.74) is 10.9. The van der Waals surface area contributed by atoms with Gasteiger partial charge in [0.25, 0.3) is 0 Å². The fourth-order valence-corrected chi connectivity index (χ4v) is 2.32. The van der Waals surface area contributed by atoms with Crippen molar-refractivity contribution < 1.29 is 0 Å². The quantitative estimate of drug-likeness (QED) is 0.473. The van der Waals surface area contributed by atoms with Crippen LogP contribution in [0.2, 0.25) is 0 Å². The van der Waals surface area contributed by atoms with E-state index in [1.165, 1.54) is 11.1 Å². The van der Waals surface area contributed by atoms with Crippen molar-refractivity contribution in [3.05, 3.63) is 59.7 Å². The van der Waals surface area contributed by atoms with E-state index in [4.69, 9.17) is 11.1 Å². The molecule has 3 aromatic rings. The number of nitrogens with two attached hydrogens (primary N) is 1. The predicted molar refractivity (Wildman–Crippen MR) is 79.5 cm³/mol. The van der Waals surface area contributed by atoms with Crippen molar-refractivity contribution in [2.75, 3.05) is 0 Å². The number of aryl methyl sites for hydroxylation is 1. The predicted octanol–water partition coefficient (Wildman–Crippen LogP) is 3.43. The van der Waals surface area contributed by atoms with Crippen molar-refractivity contribution in [3.8, 4) is 11.3 Å². The smallest absolute Gasteiger partial charge is 0.122 e. The van der Waals surface area contributed by atoms with Gasteiger partial charge in [0.1, 0.15) is 5.84 Å². The lowest BCUT2D eigenvalue weighted by Crippen LogP contribution is -2.10. The molecule has 4 N–H and O–H groups in total. The number of benzene rings is 2. The van der Waals surface area contributed by atoms with E-state index in [1.54, 1.807) is 0 Å². The van der Waals surface area contributed by atoms with Crippen LogP contribution in [-0.2, 0) is 0 Å². The molecule has 0 fully saturated rings. The standard InChI is InChI=1S/C16H15N3/c1-10-4-2-3-5-13(10)15-9-12-8-11(16(17)18)6-7-14(12)19-15/h2-9,19H,1H3,(H3,17,18). The Kier molecular flexibility index (Phi) is 2.60. The van der Waals surface area contributed by atoms with Crippen molar-refractivity contribution in [3.63, 3.8) is 0 Å². The highest BCUT2D eigenvalue weighted by Crippen LogP contribution is 2.27. The molecule has 0 saturated carbocycles. The van der Waals surface area contributed by atoms with Crippen LogP contribution in [0.5, 0.6) is 0 Å². The summed E-state index contributed by atoms with van der Waals surface area (Å²) in [7, 11) is 0. The zero-order valence-electron chi connectivity index (χ0n) is 10.7. The molecular formula is C16H15N3. The molecule has 3 nitrogen and oxygen atoms in total. The molecule has 0 aliphatic heterocycles. The Morgan fingerprint density at radius 2 is 1.89 bits per heavy atom. The van der Waals surface area contributed by atoms with Gasteiger partial charge in [-0.3, -0.25) is 5.41 Å². The first kappa shape index (κ1) is 11.5. The van der Waals surface area contributed by atoms with Gasteiger partial charge in [-0.15, -0.1) is 0 Å². The van der Waals surface area contributed by atoms with Gasteiger partial charge in [-0.25, -0.2) is 0 Å². The van der Waals surface area contributed by atoms with E-state index in [9.17, 15) is 0 Å². The van der Waals surface area contributed by atoms with Gasteiger partial charge in [-0.2, -0.15) is 0 Å². The van der Waals surface area contributed by atoms with Crippen LogP contribution in [0.15, 0.2) is 48.5 Å². The molecule has 3 rings (SSSR count). The molecule has 0 bridgehead atoms. The van der Waals surface area contributed by atoms with Crippen LogP contribution in [-0.4, -0.2) is 10.8 Å². The number of amidine groups is 1. The second kappa shape index (κ2) is 4.28. The van der Waals surface area contributed by atoms with Crippen molar-refractivity contribution in [2.45, 2.75) is 6.92 Å². The Labute approximate surface area is 111 Å². The molecule has 3 heteroatoms. The minimum atomic E-state index is 0.0977. The number of nitrogens with one attached hydrogen (secondary N) is 2. The number of hydrogen-bond donors (Lipinski definition) is 3. The maximum atomic E-state index is 7.48. The lowest BCUT2D eigenvalue weighted by atomic mass is 10.1. The maximum absolute atomic E-state index is 7.48. The minimum absolute atomic E-state index is 0.0977. The molecule has 19 heavy (non-hydrogen) atoms. The first-order valence-electron chi connectivity index (χ1n) is 6.18. The van der Waals surface area contributed by atoms with Crippen molar-refractivity contribution >= 4 is 16.7 Å². The number of fused-ring (bicyclic) bond motifs is 1. The maximum Gasteiger partial charge on any atom is 0.122 e. The van der Waals surface area contributed by atoms with Gasteiger partial charge in [-0.05, 0) is 36.8 Å². The van der Waals surface area contributed by atoms with E-state index < -0.39 is 0 Å². The summed E-state index contributed by atoms with van der Waals surface area (Å²) in [5, 5.41) is 8.56. The monoisotopic (exact) mass is 249 g/mol. The third kappa shape index (κ3) is 1.99. The Morgan fingerprint density at radius 3 is 2.63 bits per heavy atom. The molecule has 0 aliphatic rings. The molecule has 2 aromatic carbocycles. The van der Waals surface area contributed by atoms with Crippen LogP contribution in [0, 0.1) is 12.3 Å². The Hall–Kier alpha value is -2.55. The van der Waals surface area contributed by atoms with Crippen LogP contribution >= 0.6 is 0 Å². The lowest BCUT2D eigenvalue weighted by Gasteiger charge is -2.01. The number of rotatable bonds is 2. The molecular weight excluding hydrogens is 234 g/mol. The molecule has 1 aromatic heterocycles. The normalized spacial score (nSPS) is 10.8. The average molecular weight is 249 g/mol. The first-order chi connectivity index (χ1) is 9.15. The van der Waals surface area contributed by atoms with E-state index in [0.29, 0.717) is 0 Å². The van der Waals surface area contributed by atoms with E-state index in [0.717, 1.165) is 22.2 Å². The molecule has 0 unspecified atom stereocenters. The highest BCUT2D eigenvalue weighted by Gasteiger charge is 2.06. The second-order valence-electron chi connectivity index (χ2n) is 4.71. The van der Waals surface area contributed by atoms with Crippen molar-refractivity contribution in [1.82, 2.24) is 4.98 Å². The van der Waals surface area contributed by atoms with Crippen LogP contribution in [0.25, 0.3) is 22.2 Å². The fourth-order valence-electron chi connectivity index (χ4n) is 2.32. The van der Waals surface area contributed by atoms with E-state index in [-0.39, 0.29) is 5.84 Å². The molecule has 0 atom stereocenters. The topological polar surface area (TPSA) is 65.7 Å². The van der Waals surface area contributed by atoms with Crippen LogP contribution < -0.4 is 5.73 Å². The highest BCUT2D eigenvalue weighted by atomic mass is 14.7. The second-order valence-corrected chi connectivity index (χ2v) is 4.71. The van der Waals surface area contributed by atoms with Gasteiger partial charge in [0.15, 0.2) is 0 Å². The summed E-state index contributed by atoms with van der Waals surface area (Å²) in [4.78, 5) is 3.41. The van der Waals surface area contributed by atoms with Gasteiger partial charge in [-0.1, -0.05) is 24.3 Å². The van der Waals surface area contributed by atoms with Gasteiger partial charge in [0.05, 0.1) is 0 Å². The van der Waals surface area contributed by atoms with E-state index in [1.807, 2.05) is 30.3 Å². The number of nitrogen functional groups attached to an aromatic ring is 1. The zero-order valence-corrected chi connectivity index (χ0v) is 10.7. The van der Waals surface area contributed by atoms with Crippen molar-refractivity contribution in [1.29, 1.82) is 5.41 Å². The summed E-state index contributed by atoms with van der Waals surface area (Å²) in [6.45, 7) is 2.10. The number of H-pyrrole nitrogens is 1. The Morgan fingerprint density at radius 1 is 1.11 bits per heavy atom. The van der Waals surface area contributed by atoms with Crippen LogP contribution in [0.4, 0.5) is 0 Å². The summed E-state index contributed by atoms with van der Waals surface area (Å²) in [5.74, 6) is 0.0977. The number of aromatic amines is 1. The van der Waals surface area contributed by atoms with Crippen LogP contribution in [0.3, 0.4) is 0 Å². The van der Waals surface area contributed by atoms with Gasteiger partial charge in [0, 0.05) is 27.7 Å². The molecule has 94 valence electrons. The summed E-state index contributed by atoms with van der Waals surface area (Å²) < 4.78 is 0. The highest BCUT2D eigenvalue weighted by molar-refractivity contribution is 5.99. The largest absolute Gasteiger partial charge is 0.384 e. The third-order valence-electron chi connectivity index (χ3n) is 3.37. The van der Waals surface area contributed by atoms with Gasteiger partial charge in [0.2, 0.25) is 0 Å². The summed E-state index contributed by atoms with van der Waals surface area (Å²) in [6.07, 6.45) is 0.